The molecule has 1 aromatic carbocycles. The van der Waals surface area contributed by atoms with Gasteiger partial charge in [-0.25, -0.2) is 13.4 Å². The zero-order valence-electron chi connectivity index (χ0n) is 22.6. The number of aromatic nitrogens is 4. The number of hydrogen-bond acceptors (Lipinski definition) is 12. The number of imidazole rings is 1. The maximum atomic E-state index is 12.1. The summed E-state index contributed by atoms with van der Waals surface area (Å²) in [5.41, 5.74) is 2.33. The van der Waals surface area contributed by atoms with Crippen molar-refractivity contribution in [2.45, 2.75) is 49.9 Å². The van der Waals surface area contributed by atoms with Crippen LogP contribution in [0.4, 0.5) is 23.1 Å². The van der Waals surface area contributed by atoms with Crippen LogP contribution in [0, 0.1) is 28.6 Å². The van der Waals surface area contributed by atoms with Gasteiger partial charge in [0.15, 0.2) is 27.0 Å². The van der Waals surface area contributed by atoms with E-state index in [2.05, 4.69) is 47.6 Å². The molecule has 1 aliphatic carbocycles. The molecule has 7 rings (SSSR count). The van der Waals surface area contributed by atoms with E-state index in [0.29, 0.717) is 46.9 Å². The SMILES string of the molecule is N#Cc1cc(Nc2nc(NC3CC3)c3ncc(C#N)n3n2)c(Cl)c(N2CCC3C(CCN3[C@H]3CS(=O)(=O)C[C@@H]3O)C2)c1. The highest BCUT2D eigenvalue weighted by atomic mass is 35.5. The Morgan fingerprint density at radius 3 is 2.62 bits per heavy atom. The quantitative estimate of drug-likeness (QED) is 0.371. The minimum Gasteiger partial charge on any atom is -0.390 e. The minimum absolute atomic E-state index is 0.00680. The number of hydrogen-bond donors (Lipinski definition) is 3. The van der Waals surface area contributed by atoms with Crippen LogP contribution in [0.1, 0.15) is 36.9 Å². The smallest absolute Gasteiger partial charge is 0.247 e. The molecule has 218 valence electrons. The number of anilines is 4. The second kappa shape index (κ2) is 10.2. The minimum atomic E-state index is -3.23. The lowest BCUT2D eigenvalue weighted by molar-refractivity contribution is 0.0631. The fourth-order valence-corrected chi connectivity index (χ4v) is 8.71. The molecule has 3 saturated heterocycles. The number of halogens is 1. The Labute approximate surface area is 247 Å². The predicted molar refractivity (Wildman–Crippen MR) is 155 cm³/mol. The molecule has 2 aromatic heterocycles. The van der Waals surface area contributed by atoms with E-state index in [1.54, 1.807) is 12.1 Å². The van der Waals surface area contributed by atoms with Crippen molar-refractivity contribution in [3.8, 4) is 12.1 Å². The maximum Gasteiger partial charge on any atom is 0.247 e. The van der Waals surface area contributed by atoms with E-state index < -0.39 is 15.9 Å². The summed E-state index contributed by atoms with van der Waals surface area (Å²) in [6.45, 7) is 2.11. The van der Waals surface area contributed by atoms with Crippen molar-refractivity contribution in [3.63, 3.8) is 0 Å². The molecular weight excluding hydrogens is 580 g/mol. The lowest BCUT2D eigenvalue weighted by Crippen LogP contribution is -2.51. The van der Waals surface area contributed by atoms with Gasteiger partial charge in [0.05, 0.1) is 57.9 Å². The van der Waals surface area contributed by atoms with E-state index >= 15 is 0 Å². The highest BCUT2D eigenvalue weighted by Crippen LogP contribution is 2.41. The Morgan fingerprint density at radius 1 is 1.07 bits per heavy atom. The topological polar surface area (TPSA) is 176 Å². The molecule has 3 N–H and O–H groups in total. The van der Waals surface area contributed by atoms with Gasteiger partial charge in [-0.3, -0.25) is 4.90 Å². The number of rotatable bonds is 6. The average molecular weight is 609 g/mol. The Bertz CT molecular complexity index is 1760. The van der Waals surface area contributed by atoms with Crippen LogP contribution >= 0.6 is 11.6 Å². The van der Waals surface area contributed by atoms with Crippen molar-refractivity contribution in [3.05, 3.63) is 34.6 Å². The molecule has 1 saturated carbocycles. The predicted octanol–water partition coefficient (Wildman–Crippen LogP) is 1.90. The Hall–Kier alpha value is -3.69. The lowest BCUT2D eigenvalue weighted by Gasteiger charge is -2.41. The Kier molecular flexibility index (Phi) is 6.62. The normalized spacial score (nSPS) is 27.0. The molecule has 15 heteroatoms. The molecule has 0 radical (unpaired) electrons. The van der Waals surface area contributed by atoms with Crippen LogP contribution < -0.4 is 15.5 Å². The second-order valence-electron chi connectivity index (χ2n) is 11.6. The van der Waals surface area contributed by atoms with Gasteiger partial charge in [-0.2, -0.15) is 20.0 Å². The Morgan fingerprint density at radius 2 is 1.90 bits per heavy atom. The highest BCUT2D eigenvalue weighted by Gasteiger charge is 2.47. The highest BCUT2D eigenvalue weighted by molar-refractivity contribution is 7.91. The van der Waals surface area contributed by atoms with Gasteiger partial charge in [0.25, 0.3) is 0 Å². The van der Waals surface area contributed by atoms with Crippen molar-refractivity contribution in [1.29, 1.82) is 10.5 Å². The van der Waals surface area contributed by atoms with Gasteiger partial charge in [-0.15, -0.1) is 5.10 Å². The first-order valence-corrected chi connectivity index (χ1v) is 16.2. The fraction of sp³-hybridized carbons (Fsp3) is 0.519. The average Bonchev–Trinajstić information content (AvgIpc) is 3.41. The first-order chi connectivity index (χ1) is 20.2. The van der Waals surface area contributed by atoms with E-state index in [4.69, 9.17) is 11.6 Å². The molecule has 4 fully saturated rings. The number of nitrogens with zero attached hydrogens (tertiary/aromatic N) is 8. The number of aliphatic hydroxyl groups excluding tert-OH is 1. The molecule has 0 spiro atoms. The van der Waals surface area contributed by atoms with Gasteiger partial charge >= 0.3 is 0 Å². The number of piperidine rings is 1. The number of likely N-dealkylation sites (tertiary alicyclic amines) is 1. The number of benzene rings is 1. The summed E-state index contributed by atoms with van der Waals surface area (Å²) in [4.78, 5) is 13.3. The van der Waals surface area contributed by atoms with E-state index in [-0.39, 0.29) is 41.1 Å². The van der Waals surface area contributed by atoms with E-state index in [0.717, 1.165) is 37.9 Å². The third-order valence-corrected chi connectivity index (χ3v) is 10.9. The molecule has 42 heavy (non-hydrogen) atoms. The molecule has 4 atom stereocenters. The van der Waals surface area contributed by atoms with Gasteiger partial charge in [0.1, 0.15) is 6.07 Å². The van der Waals surface area contributed by atoms with Crippen molar-refractivity contribution < 1.29 is 13.5 Å². The van der Waals surface area contributed by atoms with Crippen LogP contribution in [0.2, 0.25) is 5.02 Å². The van der Waals surface area contributed by atoms with Crippen LogP contribution in [0.25, 0.3) is 5.65 Å². The molecular formula is C27H29ClN10O3S. The van der Waals surface area contributed by atoms with Crippen molar-refractivity contribution >= 4 is 50.2 Å². The molecule has 0 bridgehead atoms. The van der Waals surface area contributed by atoms with Crippen LogP contribution in [0.5, 0.6) is 0 Å². The first kappa shape index (κ1) is 27.2. The third-order valence-electron chi connectivity index (χ3n) is 8.76. The van der Waals surface area contributed by atoms with Crippen LogP contribution in [0.3, 0.4) is 0 Å². The molecule has 4 aliphatic rings. The number of sulfone groups is 1. The largest absolute Gasteiger partial charge is 0.390 e. The zero-order valence-corrected chi connectivity index (χ0v) is 24.2. The van der Waals surface area contributed by atoms with E-state index in [1.807, 2.05) is 0 Å². The molecule has 3 aromatic rings. The molecule has 13 nitrogen and oxygen atoms in total. The molecule has 0 amide bonds. The van der Waals surface area contributed by atoms with Gasteiger partial charge in [0.2, 0.25) is 5.95 Å². The molecule has 2 unspecified atom stereocenters. The summed E-state index contributed by atoms with van der Waals surface area (Å²) in [6.07, 6.45) is 4.34. The van der Waals surface area contributed by atoms with Gasteiger partial charge in [0, 0.05) is 25.2 Å². The van der Waals surface area contributed by atoms with Crippen LogP contribution in [0.15, 0.2) is 18.3 Å². The summed E-state index contributed by atoms with van der Waals surface area (Å²) in [5.74, 6) is 0.834. The lowest BCUT2D eigenvalue weighted by atomic mass is 9.91. The van der Waals surface area contributed by atoms with Crippen molar-refractivity contribution in [2.75, 3.05) is 46.7 Å². The number of nitrogens with one attached hydrogen (secondary N) is 2. The summed E-state index contributed by atoms with van der Waals surface area (Å²) in [7, 11) is -3.23. The van der Waals surface area contributed by atoms with Gasteiger partial charge < -0.3 is 20.6 Å². The van der Waals surface area contributed by atoms with Gasteiger partial charge in [-0.05, 0) is 50.3 Å². The Balaban J connectivity index is 1.15. The summed E-state index contributed by atoms with van der Waals surface area (Å²) in [5, 5.41) is 41.3. The molecule has 3 aliphatic heterocycles. The van der Waals surface area contributed by atoms with Crippen LogP contribution in [-0.4, -0.2) is 93.4 Å². The first-order valence-electron chi connectivity index (χ1n) is 14.1. The van der Waals surface area contributed by atoms with Crippen LogP contribution in [-0.2, 0) is 9.84 Å². The van der Waals surface area contributed by atoms with Crippen molar-refractivity contribution in [2.24, 2.45) is 5.92 Å². The van der Waals surface area contributed by atoms with Crippen molar-refractivity contribution in [1.82, 2.24) is 24.5 Å². The van der Waals surface area contributed by atoms with Gasteiger partial charge in [-0.1, -0.05) is 11.6 Å². The standard InChI is InChI=1S/C27H29ClN10O3S/c28-24-19(33-27-34-25(32-17-1-2-17)26-31-11-18(10-30)38(26)35-27)7-15(9-29)8-21(24)36-5-4-20-16(12-36)3-6-37(20)22-13-42(40,41)14-23(22)39/h7-8,11,16-17,20,22-23,39H,1-6,12-14H2,(H2,32,33,34,35)/t16?,20?,22-,23-/m0/s1. The monoisotopic (exact) mass is 608 g/mol. The maximum absolute atomic E-state index is 12.1. The summed E-state index contributed by atoms with van der Waals surface area (Å²) >= 11 is 6.97. The second-order valence-corrected chi connectivity index (χ2v) is 14.1. The summed E-state index contributed by atoms with van der Waals surface area (Å²) in [6, 6.07) is 7.88. The fourth-order valence-electron chi connectivity index (χ4n) is 6.62. The van der Waals surface area contributed by atoms with E-state index in [9.17, 15) is 24.0 Å². The third kappa shape index (κ3) is 4.88. The molecule has 5 heterocycles. The van der Waals surface area contributed by atoms with E-state index in [1.165, 1.54) is 10.7 Å². The number of aliphatic hydroxyl groups is 1. The number of fused-ring (bicyclic) bond motifs is 2. The number of nitriles is 2. The zero-order chi connectivity index (χ0) is 29.2. The summed E-state index contributed by atoms with van der Waals surface area (Å²) < 4.78 is 25.7.